The van der Waals surface area contributed by atoms with Crippen LogP contribution in [0.2, 0.25) is 0 Å². The van der Waals surface area contributed by atoms with E-state index in [9.17, 15) is 0 Å². The first kappa shape index (κ1) is 11.5. The average molecular weight is 255 g/mol. The van der Waals surface area contributed by atoms with Crippen molar-refractivity contribution in [2.75, 3.05) is 11.1 Å². The number of nitrogens with one attached hydrogen (secondary N) is 1. The van der Waals surface area contributed by atoms with Crippen molar-refractivity contribution >= 4 is 22.4 Å². The molecule has 0 aliphatic rings. The molecule has 6 nitrogen and oxygen atoms in total. The molecule has 0 aliphatic carbocycles. The van der Waals surface area contributed by atoms with Crippen LogP contribution in [0.25, 0.3) is 11.0 Å². The number of pyridine rings is 1. The highest BCUT2D eigenvalue weighted by Gasteiger charge is 2.09. The van der Waals surface area contributed by atoms with Crippen molar-refractivity contribution in [3.05, 3.63) is 41.7 Å². The smallest absolute Gasteiger partial charge is 0.160 e. The molecule has 2 aromatic heterocycles. The van der Waals surface area contributed by atoms with Gasteiger partial charge in [-0.25, -0.2) is 4.63 Å². The number of aromatic nitrogens is 3. The first-order chi connectivity index (χ1) is 9.24. The molecule has 0 bridgehead atoms. The molecular formula is C13H13N5O. The van der Waals surface area contributed by atoms with E-state index >= 15 is 0 Å². The van der Waals surface area contributed by atoms with Crippen molar-refractivity contribution in [1.29, 1.82) is 0 Å². The number of benzene rings is 1. The predicted octanol–water partition coefficient (Wildman–Crippen LogP) is 2.12. The third-order valence-corrected chi connectivity index (χ3v) is 2.85. The van der Waals surface area contributed by atoms with Crippen LogP contribution in [0.3, 0.4) is 0 Å². The van der Waals surface area contributed by atoms with E-state index in [1.807, 2.05) is 31.2 Å². The lowest BCUT2D eigenvalue weighted by atomic mass is 10.2. The highest BCUT2D eigenvalue weighted by atomic mass is 16.6. The van der Waals surface area contributed by atoms with E-state index in [1.54, 1.807) is 6.07 Å². The van der Waals surface area contributed by atoms with Gasteiger partial charge in [0.25, 0.3) is 0 Å². The third kappa shape index (κ3) is 2.20. The van der Waals surface area contributed by atoms with Crippen LogP contribution < -0.4 is 11.1 Å². The highest BCUT2D eigenvalue weighted by molar-refractivity contribution is 5.94. The number of hydrogen-bond donors (Lipinski definition) is 2. The number of nitrogens with two attached hydrogens (primary N) is 1. The number of aryl methyl sites for hydroxylation is 1. The molecule has 19 heavy (non-hydrogen) atoms. The SMILES string of the molecule is Cc1cccc(CNc2ccc(N)c3nonc23)n1. The van der Waals surface area contributed by atoms with Gasteiger partial charge in [0.05, 0.1) is 23.6 Å². The highest BCUT2D eigenvalue weighted by Crippen LogP contribution is 2.25. The molecule has 3 rings (SSSR count). The van der Waals surface area contributed by atoms with Crippen molar-refractivity contribution in [2.24, 2.45) is 0 Å². The summed E-state index contributed by atoms with van der Waals surface area (Å²) < 4.78 is 4.72. The summed E-state index contributed by atoms with van der Waals surface area (Å²) >= 11 is 0. The maximum absolute atomic E-state index is 5.79. The number of rotatable bonds is 3. The van der Waals surface area contributed by atoms with Crippen molar-refractivity contribution in [3.63, 3.8) is 0 Å². The molecule has 0 unspecified atom stereocenters. The van der Waals surface area contributed by atoms with Crippen molar-refractivity contribution in [2.45, 2.75) is 13.5 Å². The Bertz CT molecular complexity index is 722. The minimum absolute atomic E-state index is 0.551. The summed E-state index contributed by atoms with van der Waals surface area (Å²) in [5.41, 5.74) is 10.3. The molecule has 0 fully saturated rings. The molecule has 1 aromatic carbocycles. The molecule has 0 atom stereocenters. The number of nitrogen functional groups attached to an aromatic ring is 1. The molecule has 0 saturated carbocycles. The predicted molar refractivity (Wildman–Crippen MR) is 72.5 cm³/mol. The molecule has 0 amide bonds. The normalized spacial score (nSPS) is 10.8. The number of hydrogen-bond acceptors (Lipinski definition) is 6. The zero-order chi connectivity index (χ0) is 13.2. The van der Waals surface area contributed by atoms with Crippen molar-refractivity contribution in [1.82, 2.24) is 15.3 Å². The van der Waals surface area contributed by atoms with Gasteiger partial charge < -0.3 is 11.1 Å². The summed E-state index contributed by atoms with van der Waals surface area (Å²) in [6.07, 6.45) is 0. The van der Waals surface area contributed by atoms with Gasteiger partial charge in [-0.2, -0.15) is 0 Å². The summed E-state index contributed by atoms with van der Waals surface area (Å²) in [5.74, 6) is 0. The van der Waals surface area contributed by atoms with E-state index in [2.05, 4.69) is 20.6 Å². The van der Waals surface area contributed by atoms with Crippen LogP contribution >= 0.6 is 0 Å². The average Bonchev–Trinajstić information content (AvgIpc) is 2.88. The summed E-state index contributed by atoms with van der Waals surface area (Å²) in [7, 11) is 0. The fraction of sp³-hybridized carbons (Fsp3) is 0.154. The minimum atomic E-state index is 0.551. The van der Waals surface area contributed by atoms with Gasteiger partial charge >= 0.3 is 0 Å². The summed E-state index contributed by atoms with van der Waals surface area (Å²) in [6, 6.07) is 9.55. The molecule has 3 aromatic rings. The Morgan fingerprint density at radius 2 is 2.00 bits per heavy atom. The second-order valence-electron chi connectivity index (χ2n) is 4.29. The first-order valence-electron chi connectivity index (χ1n) is 5.91. The van der Waals surface area contributed by atoms with Crippen LogP contribution in [-0.2, 0) is 6.54 Å². The zero-order valence-corrected chi connectivity index (χ0v) is 10.4. The fourth-order valence-corrected chi connectivity index (χ4v) is 1.91. The Morgan fingerprint density at radius 3 is 2.84 bits per heavy atom. The number of anilines is 2. The van der Waals surface area contributed by atoms with Gasteiger partial charge in [-0.15, -0.1) is 0 Å². The van der Waals surface area contributed by atoms with Crippen LogP contribution in [0.1, 0.15) is 11.4 Å². The monoisotopic (exact) mass is 255 g/mol. The molecule has 2 heterocycles. The molecule has 3 N–H and O–H groups in total. The topological polar surface area (TPSA) is 89.9 Å². The Labute approximate surface area is 109 Å². The van der Waals surface area contributed by atoms with Crippen LogP contribution in [0.4, 0.5) is 11.4 Å². The van der Waals surface area contributed by atoms with E-state index in [-0.39, 0.29) is 0 Å². The van der Waals surface area contributed by atoms with E-state index < -0.39 is 0 Å². The number of nitrogens with zero attached hydrogens (tertiary/aromatic N) is 3. The van der Waals surface area contributed by atoms with Gasteiger partial charge in [0.15, 0.2) is 11.0 Å². The van der Waals surface area contributed by atoms with Crippen molar-refractivity contribution < 1.29 is 4.63 Å². The van der Waals surface area contributed by atoms with Crippen LogP contribution in [0.5, 0.6) is 0 Å². The molecule has 96 valence electrons. The first-order valence-corrected chi connectivity index (χ1v) is 5.91. The molecular weight excluding hydrogens is 242 g/mol. The third-order valence-electron chi connectivity index (χ3n) is 2.85. The Morgan fingerprint density at radius 1 is 1.16 bits per heavy atom. The van der Waals surface area contributed by atoms with Gasteiger partial charge in [0.2, 0.25) is 0 Å². The van der Waals surface area contributed by atoms with Gasteiger partial charge in [0.1, 0.15) is 0 Å². The van der Waals surface area contributed by atoms with E-state index in [1.165, 1.54) is 0 Å². The second kappa shape index (κ2) is 4.56. The molecule has 0 saturated heterocycles. The minimum Gasteiger partial charge on any atom is -0.397 e. The maximum atomic E-state index is 5.79. The van der Waals surface area contributed by atoms with Gasteiger partial charge in [-0.1, -0.05) is 6.07 Å². The Kier molecular flexibility index (Phi) is 2.75. The Balaban J connectivity index is 1.86. The van der Waals surface area contributed by atoms with Crippen molar-refractivity contribution in [3.8, 4) is 0 Å². The molecule has 6 heteroatoms. The standard InChI is InChI=1S/C13H13N5O/c1-8-3-2-4-9(16-8)7-15-11-6-5-10(14)12-13(11)18-19-17-12/h2-6,15H,7,14H2,1H3. The maximum Gasteiger partial charge on any atom is 0.160 e. The zero-order valence-electron chi connectivity index (χ0n) is 10.4. The van der Waals surface area contributed by atoms with Crippen LogP contribution in [0.15, 0.2) is 35.0 Å². The quantitative estimate of drug-likeness (QED) is 0.697. The summed E-state index contributed by atoms with van der Waals surface area (Å²) in [5, 5.41) is 10.9. The van der Waals surface area contributed by atoms with Gasteiger partial charge in [0, 0.05) is 5.69 Å². The van der Waals surface area contributed by atoms with Crippen LogP contribution in [0, 0.1) is 6.92 Å². The fourth-order valence-electron chi connectivity index (χ4n) is 1.91. The Hall–Kier alpha value is -2.63. The van der Waals surface area contributed by atoms with E-state index in [4.69, 9.17) is 10.4 Å². The van der Waals surface area contributed by atoms with Gasteiger partial charge in [-0.05, 0) is 41.5 Å². The molecule has 0 spiro atoms. The lowest BCUT2D eigenvalue weighted by Crippen LogP contribution is -2.03. The molecule has 0 aliphatic heterocycles. The lowest BCUT2D eigenvalue weighted by molar-refractivity contribution is 0.316. The summed E-state index contributed by atoms with van der Waals surface area (Å²) in [4.78, 5) is 4.43. The molecule has 0 radical (unpaired) electrons. The van der Waals surface area contributed by atoms with Crippen LogP contribution in [-0.4, -0.2) is 15.3 Å². The van der Waals surface area contributed by atoms with Gasteiger partial charge in [-0.3, -0.25) is 4.98 Å². The number of fused-ring (bicyclic) bond motifs is 1. The van der Waals surface area contributed by atoms with E-state index in [0.717, 1.165) is 17.1 Å². The second-order valence-corrected chi connectivity index (χ2v) is 4.29. The summed E-state index contributed by atoms with van der Waals surface area (Å²) in [6.45, 7) is 2.57. The lowest BCUT2D eigenvalue weighted by Gasteiger charge is -2.07. The van der Waals surface area contributed by atoms with E-state index in [0.29, 0.717) is 23.3 Å². The largest absolute Gasteiger partial charge is 0.397 e.